The zero-order valence-electron chi connectivity index (χ0n) is 7.43. The van der Waals surface area contributed by atoms with Gasteiger partial charge >= 0.3 is 0 Å². The molecule has 0 aromatic carbocycles. The average Bonchev–Trinajstić information content (AvgIpc) is 2.31. The van der Waals surface area contributed by atoms with Gasteiger partial charge in [-0.2, -0.15) is 0 Å². The van der Waals surface area contributed by atoms with Gasteiger partial charge in [-0.05, 0) is 6.92 Å². The number of hydrogen-bond donors (Lipinski definition) is 1. The average molecular weight is 170 g/mol. The Morgan fingerprint density at radius 2 is 2.09 bits per heavy atom. The fourth-order valence-electron chi connectivity index (χ4n) is 0.896. The van der Waals surface area contributed by atoms with E-state index in [4.69, 9.17) is 0 Å². The summed E-state index contributed by atoms with van der Waals surface area (Å²) in [5, 5.41) is 5.53. The minimum atomic E-state index is 0.542. The number of nitrogens with zero attached hydrogens (tertiary/aromatic N) is 1. The molecule has 0 amide bonds. The lowest BCUT2D eigenvalue weighted by molar-refractivity contribution is 0.847. The Labute approximate surface area is 71.7 Å². The van der Waals surface area contributed by atoms with Crippen molar-refractivity contribution in [2.45, 2.75) is 26.7 Å². The van der Waals surface area contributed by atoms with Crippen LogP contribution >= 0.6 is 11.3 Å². The second kappa shape index (κ2) is 3.22. The van der Waals surface area contributed by atoms with E-state index in [-0.39, 0.29) is 0 Å². The van der Waals surface area contributed by atoms with Crippen molar-refractivity contribution in [2.24, 2.45) is 0 Å². The summed E-state index contributed by atoms with van der Waals surface area (Å²) in [5.74, 6) is 0.542. The van der Waals surface area contributed by atoms with Crippen LogP contribution in [0.3, 0.4) is 0 Å². The highest BCUT2D eigenvalue weighted by Gasteiger charge is 2.07. The highest BCUT2D eigenvalue weighted by molar-refractivity contribution is 7.15. The molecule has 0 spiro atoms. The second-order valence-corrected chi connectivity index (χ2v) is 3.90. The summed E-state index contributed by atoms with van der Waals surface area (Å²) in [6, 6.07) is 0. The van der Waals surface area contributed by atoms with Crippen LogP contribution in [0, 0.1) is 6.92 Å². The Bertz CT molecular complexity index is 240. The predicted octanol–water partition coefficient (Wildman–Crippen LogP) is 2.62. The van der Waals surface area contributed by atoms with Crippen molar-refractivity contribution in [1.82, 2.24) is 4.98 Å². The zero-order valence-corrected chi connectivity index (χ0v) is 8.25. The summed E-state index contributed by atoms with van der Waals surface area (Å²) in [5.41, 5.74) is 1.11. The number of nitrogens with one attached hydrogen (secondary N) is 1. The van der Waals surface area contributed by atoms with Crippen LogP contribution in [0.4, 0.5) is 5.00 Å². The van der Waals surface area contributed by atoms with Gasteiger partial charge in [0.25, 0.3) is 0 Å². The van der Waals surface area contributed by atoms with E-state index in [2.05, 4.69) is 24.1 Å². The van der Waals surface area contributed by atoms with Crippen LogP contribution in [-0.4, -0.2) is 12.0 Å². The Hall–Kier alpha value is -0.570. The fraction of sp³-hybridized carbons (Fsp3) is 0.625. The van der Waals surface area contributed by atoms with E-state index >= 15 is 0 Å². The van der Waals surface area contributed by atoms with Crippen LogP contribution < -0.4 is 5.32 Å². The molecule has 0 radical (unpaired) electrons. The topological polar surface area (TPSA) is 24.9 Å². The molecule has 1 heterocycles. The Morgan fingerprint density at radius 1 is 1.45 bits per heavy atom. The molecule has 1 N–H and O–H groups in total. The van der Waals surface area contributed by atoms with E-state index < -0.39 is 0 Å². The minimum absolute atomic E-state index is 0.542. The van der Waals surface area contributed by atoms with Gasteiger partial charge in [-0.25, -0.2) is 4.98 Å². The maximum absolute atomic E-state index is 4.44. The van der Waals surface area contributed by atoms with Crippen LogP contribution in [-0.2, 0) is 0 Å². The maximum Gasteiger partial charge on any atom is 0.111 e. The highest BCUT2D eigenvalue weighted by atomic mass is 32.1. The molecule has 0 bridgehead atoms. The Kier molecular flexibility index (Phi) is 2.49. The van der Waals surface area contributed by atoms with Gasteiger partial charge in [0.1, 0.15) is 5.00 Å². The smallest absolute Gasteiger partial charge is 0.111 e. The summed E-state index contributed by atoms with van der Waals surface area (Å²) in [7, 11) is 1.94. The number of rotatable bonds is 2. The molecular formula is C8H14N2S. The van der Waals surface area contributed by atoms with E-state index in [1.54, 1.807) is 11.3 Å². The molecule has 0 atom stereocenters. The molecule has 0 aliphatic carbocycles. The third-order valence-corrected chi connectivity index (χ3v) is 3.01. The third-order valence-electron chi connectivity index (χ3n) is 1.53. The highest BCUT2D eigenvalue weighted by Crippen LogP contribution is 2.27. The summed E-state index contributed by atoms with van der Waals surface area (Å²) in [6.07, 6.45) is 0. The van der Waals surface area contributed by atoms with Gasteiger partial charge in [-0.3, -0.25) is 0 Å². The monoisotopic (exact) mass is 170 g/mol. The molecule has 0 aliphatic heterocycles. The van der Waals surface area contributed by atoms with Crippen LogP contribution in [0.1, 0.15) is 30.5 Å². The first-order valence-corrected chi connectivity index (χ1v) is 4.62. The molecule has 1 aromatic heterocycles. The zero-order chi connectivity index (χ0) is 8.43. The van der Waals surface area contributed by atoms with Crippen molar-refractivity contribution in [3.8, 4) is 0 Å². The molecule has 1 aromatic rings. The van der Waals surface area contributed by atoms with Crippen molar-refractivity contribution in [3.63, 3.8) is 0 Å². The number of aromatic nitrogens is 1. The van der Waals surface area contributed by atoms with Gasteiger partial charge in [0.2, 0.25) is 0 Å². The predicted molar refractivity (Wildman–Crippen MR) is 50.5 cm³/mol. The first-order chi connectivity index (χ1) is 5.15. The molecule has 0 unspecified atom stereocenters. The van der Waals surface area contributed by atoms with Crippen molar-refractivity contribution < 1.29 is 0 Å². The van der Waals surface area contributed by atoms with Gasteiger partial charge < -0.3 is 5.32 Å². The van der Waals surface area contributed by atoms with Crippen molar-refractivity contribution in [2.75, 3.05) is 12.4 Å². The molecule has 2 nitrogen and oxygen atoms in total. The SMILES string of the molecule is CNc1sc(C(C)C)nc1C. The van der Waals surface area contributed by atoms with E-state index in [9.17, 15) is 0 Å². The summed E-state index contributed by atoms with van der Waals surface area (Å²) in [6.45, 7) is 6.36. The first kappa shape index (κ1) is 8.53. The summed E-state index contributed by atoms with van der Waals surface area (Å²) >= 11 is 1.75. The van der Waals surface area contributed by atoms with Crippen LogP contribution in [0.25, 0.3) is 0 Å². The Morgan fingerprint density at radius 3 is 2.36 bits per heavy atom. The molecule has 0 saturated heterocycles. The molecule has 62 valence electrons. The van der Waals surface area contributed by atoms with Crippen LogP contribution in [0.5, 0.6) is 0 Å². The number of anilines is 1. The van der Waals surface area contributed by atoms with E-state index in [1.165, 1.54) is 10.0 Å². The van der Waals surface area contributed by atoms with E-state index in [0.29, 0.717) is 5.92 Å². The molecule has 0 saturated carbocycles. The van der Waals surface area contributed by atoms with Crippen molar-refractivity contribution >= 4 is 16.3 Å². The lowest BCUT2D eigenvalue weighted by atomic mass is 10.2. The third kappa shape index (κ3) is 1.71. The van der Waals surface area contributed by atoms with E-state index in [1.807, 2.05) is 14.0 Å². The standard InChI is InChI=1S/C8H14N2S/c1-5(2)7-10-6(3)8(9-4)11-7/h5,9H,1-4H3. The summed E-state index contributed by atoms with van der Waals surface area (Å²) in [4.78, 5) is 4.44. The van der Waals surface area contributed by atoms with Crippen molar-refractivity contribution in [3.05, 3.63) is 10.7 Å². The lowest BCUT2D eigenvalue weighted by Gasteiger charge is -1.95. The van der Waals surface area contributed by atoms with Gasteiger partial charge in [0.15, 0.2) is 0 Å². The normalized spacial score (nSPS) is 10.6. The Balaban J connectivity index is 2.95. The molecule has 11 heavy (non-hydrogen) atoms. The van der Waals surface area contributed by atoms with Gasteiger partial charge in [-0.1, -0.05) is 13.8 Å². The van der Waals surface area contributed by atoms with Crippen LogP contribution in [0.2, 0.25) is 0 Å². The second-order valence-electron chi connectivity index (χ2n) is 2.87. The van der Waals surface area contributed by atoms with Gasteiger partial charge in [0.05, 0.1) is 10.7 Å². The number of aryl methyl sites for hydroxylation is 1. The van der Waals surface area contributed by atoms with Gasteiger partial charge in [-0.15, -0.1) is 11.3 Å². The van der Waals surface area contributed by atoms with Crippen molar-refractivity contribution in [1.29, 1.82) is 0 Å². The maximum atomic E-state index is 4.44. The largest absolute Gasteiger partial charge is 0.378 e. The molecule has 3 heteroatoms. The number of thiazole rings is 1. The van der Waals surface area contributed by atoms with E-state index in [0.717, 1.165) is 5.69 Å². The minimum Gasteiger partial charge on any atom is -0.378 e. The molecule has 0 fully saturated rings. The lowest BCUT2D eigenvalue weighted by Crippen LogP contribution is -1.86. The molecule has 1 rings (SSSR count). The summed E-state index contributed by atoms with van der Waals surface area (Å²) < 4.78 is 0. The number of hydrogen-bond acceptors (Lipinski definition) is 3. The first-order valence-electron chi connectivity index (χ1n) is 3.80. The molecular weight excluding hydrogens is 156 g/mol. The molecule has 0 aliphatic rings. The van der Waals surface area contributed by atoms with Gasteiger partial charge in [0, 0.05) is 13.0 Å². The quantitative estimate of drug-likeness (QED) is 0.738. The fourth-order valence-corrected chi connectivity index (χ4v) is 1.82. The van der Waals surface area contributed by atoms with Crippen LogP contribution in [0.15, 0.2) is 0 Å².